The van der Waals surface area contributed by atoms with Gasteiger partial charge >= 0.3 is 5.97 Å². The molecule has 1 amide bonds. The van der Waals surface area contributed by atoms with E-state index < -0.39 is 0 Å². The van der Waals surface area contributed by atoms with Gasteiger partial charge in [0.15, 0.2) is 0 Å². The van der Waals surface area contributed by atoms with Crippen LogP contribution in [0.2, 0.25) is 0 Å². The molecule has 0 aromatic carbocycles. The van der Waals surface area contributed by atoms with Crippen LogP contribution in [-0.4, -0.2) is 34.8 Å². The second-order valence-corrected chi connectivity index (χ2v) is 6.16. The van der Waals surface area contributed by atoms with E-state index in [1.807, 2.05) is 18.5 Å². The molecule has 1 aromatic heterocycles. The maximum absolute atomic E-state index is 12.1. The van der Waals surface area contributed by atoms with Gasteiger partial charge in [-0.15, -0.1) is 0 Å². The second-order valence-electron chi connectivity index (χ2n) is 6.16. The molecule has 1 heterocycles. The predicted molar refractivity (Wildman–Crippen MR) is 89.1 cm³/mol. The van der Waals surface area contributed by atoms with Gasteiger partial charge in [-0.05, 0) is 33.1 Å². The lowest BCUT2D eigenvalue weighted by Gasteiger charge is -2.08. The summed E-state index contributed by atoms with van der Waals surface area (Å²) in [6, 6.07) is 0. The maximum Gasteiger partial charge on any atom is 0.305 e. The van der Waals surface area contributed by atoms with Crippen molar-refractivity contribution in [2.24, 2.45) is 5.92 Å². The summed E-state index contributed by atoms with van der Waals surface area (Å²) in [4.78, 5) is 23.3. The highest BCUT2D eigenvalue weighted by molar-refractivity contribution is 5.79. The van der Waals surface area contributed by atoms with Crippen molar-refractivity contribution >= 4 is 11.9 Å². The van der Waals surface area contributed by atoms with Crippen molar-refractivity contribution < 1.29 is 14.3 Å². The number of esters is 1. The van der Waals surface area contributed by atoms with Gasteiger partial charge in [0.2, 0.25) is 5.91 Å². The number of nitrogens with zero attached hydrogens (tertiary/aromatic N) is 2. The fraction of sp³-hybridized carbons (Fsp3) is 0.706. The van der Waals surface area contributed by atoms with Gasteiger partial charge in [0.1, 0.15) is 0 Å². The van der Waals surface area contributed by atoms with Crippen LogP contribution >= 0.6 is 0 Å². The Morgan fingerprint density at radius 2 is 2.00 bits per heavy atom. The number of carbonyl (C=O) groups is 2. The van der Waals surface area contributed by atoms with Gasteiger partial charge in [0.05, 0.1) is 18.7 Å². The summed E-state index contributed by atoms with van der Waals surface area (Å²) in [5.41, 5.74) is 2.95. The lowest BCUT2D eigenvalue weighted by Crippen LogP contribution is -2.27. The first kappa shape index (κ1) is 19.2. The monoisotopic (exact) mass is 323 g/mol. The zero-order valence-corrected chi connectivity index (χ0v) is 14.9. The van der Waals surface area contributed by atoms with Gasteiger partial charge in [0.25, 0.3) is 0 Å². The van der Waals surface area contributed by atoms with Crippen molar-refractivity contribution in [2.75, 3.05) is 13.2 Å². The quantitative estimate of drug-likeness (QED) is 0.558. The van der Waals surface area contributed by atoms with Gasteiger partial charge < -0.3 is 10.1 Å². The van der Waals surface area contributed by atoms with Crippen LogP contribution in [0.1, 0.15) is 50.6 Å². The fourth-order valence-corrected chi connectivity index (χ4v) is 2.43. The molecule has 0 radical (unpaired) electrons. The van der Waals surface area contributed by atoms with Gasteiger partial charge in [-0.25, -0.2) is 0 Å². The van der Waals surface area contributed by atoms with Crippen molar-refractivity contribution in [3.05, 3.63) is 17.0 Å². The summed E-state index contributed by atoms with van der Waals surface area (Å²) >= 11 is 0. The molecule has 0 spiro atoms. The van der Waals surface area contributed by atoms with Crippen molar-refractivity contribution in [1.29, 1.82) is 0 Å². The number of aromatic nitrogens is 2. The summed E-state index contributed by atoms with van der Waals surface area (Å²) in [6.45, 7) is 11.7. The van der Waals surface area contributed by atoms with E-state index in [1.54, 1.807) is 6.92 Å². The van der Waals surface area contributed by atoms with Crippen molar-refractivity contribution in [3.8, 4) is 0 Å². The molecule has 0 aliphatic carbocycles. The van der Waals surface area contributed by atoms with Crippen LogP contribution in [0.5, 0.6) is 0 Å². The number of aryl methyl sites for hydroxylation is 1. The Morgan fingerprint density at radius 3 is 2.61 bits per heavy atom. The average molecular weight is 323 g/mol. The lowest BCUT2D eigenvalue weighted by atomic mass is 10.1. The number of nitrogens with one attached hydrogen (secondary N) is 1. The van der Waals surface area contributed by atoms with Gasteiger partial charge in [-0.2, -0.15) is 5.10 Å². The Bertz CT molecular complexity index is 535. The molecule has 1 aromatic rings. The number of ether oxygens (including phenoxy) is 1. The van der Waals surface area contributed by atoms with Crippen LogP contribution in [0.15, 0.2) is 0 Å². The molecule has 1 rings (SSSR count). The van der Waals surface area contributed by atoms with Crippen molar-refractivity contribution in [1.82, 2.24) is 15.1 Å². The average Bonchev–Trinajstić information content (AvgIpc) is 2.71. The summed E-state index contributed by atoms with van der Waals surface area (Å²) in [7, 11) is 0. The van der Waals surface area contributed by atoms with Gasteiger partial charge in [-0.1, -0.05) is 13.8 Å². The molecule has 0 bridgehead atoms. The molecule has 130 valence electrons. The predicted octanol–water partition coefficient (Wildman–Crippen LogP) is 2.16. The molecule has 0 saturated carbocycles. The standard InChI is InChI=1S/C17H29N3O3/c1-6-23-17(22)8-7-9-18-16(21)10-15-13(4)19-20(14(15)5)11-12(2)3/h12H,6-11H2,1-5H3,(H,18,21). The molecule has 0 atom stereocenters. The minimum Gasteiger partial charge on any atom is -0.466 e. The van der Waals surface area contributed by atoms with Crippen LogP contribution in [0.4, 0.5) is 0 Å². The molecule has 6 nitrogen and oxygen atoms in total. The molecule has 1 N–H and O–H groups in total. The zero-order valence-electron chi connectivity index (χ0n) is 14.9. The Hall–Kier alpha value is -1.85. The summed E-state index contributed by atoms with van der Waals surface area (Å²) in [5, 5.41) is 7.37. The first-order valence-electron chi connectivity index (χ1n) is 8.30. The minimum absolute atomic E-state index is 0.0378. The van der Waals surface area contributed by atoms with E-state index in [2.05, 4.69) is 24.3 Å². The molecular formula is C17H29N3O3. The lowest BCUT2D eigenvalue weighted by molar-refractivity contribution is -0.143. The third kappa shape index (κ3) is 6.42. The molecule has 0 saturated heterocycles. The molecule has 0 fully saturated rings. The third-order valence-corrected chi connectivity index (χ3v) is 3.59. The molecule has 23 heavy (non-hydrogen) atoms. The number of amides is 1. The van der Waals surface area contributed by atoms with Crippen molar-refractivity contribution in [3.63, 3.8) is 0 Å². The Balaban J connectivity index is 2.45. The molecule has 0 aliphatic heterocycles. The van der Waals surface area contributed by atoms with Gasteiger partial charge in [0, 0.05) is 30.8 Å². The SMILES string of the molecule is CCOC(=O)CCCNC(=O)Cc1c(C)nn(CC(C)C)c1C. The van der Waals surface area contributed by atoms with Crippen LogP contribution in [0.3, 0.4) is 0 Å². The van der Waals surface area contributed by atoms with E-state index in [9.17, 15) is 9.59 Å². The Labute approximate surface area is 138 Å². The number of carbonyl (C=O) groups excluding carboxylic acids is 2. The normalized spacial score (nSPS) is 10.9. The molecule has 0 aliphatic rings. The topological polar surface area (TPSA) is 73.2 Å². The highest BCUT2D eigenvalue weighted by Crippen LogP contribution is 2.15. The second kappa shape index (κ2) is 9.33. The van der Waals surface area contributed by atoms with Crippen LogP contribution in [0.25, 0.3) is 0 Å². The van der Waals surface area contributed by atoms with E-state index in [1.165, 1.54) is 0 Å². The molecule has 0 unspecified atom stereocenters. The Morgan fingerprint density at radius 1 is 1.30 bits per heavy atom. The first-order chi connectivity index (χ1) is 10.8. The zero-order chi connectivity index (χ0) is 17.4. The summed E-state index contributed by atoms with van der Waals surface area (Å²) in [5.74, 6) is 0.255. The summed E-state index contributed by atoms with van der Waals surface area (Å²) < 4.78 is 6.82. The van der Waals surface area contributed by atoms with E-state index in [0.29, 0.717) is 38.3 Å². The van der Waals surface area contributed by atoms with E-state index in [-0.39, 0.29) is 11.9 Å². The molecular weight excluding hydrogens is 294 g/mol. The third-order valence-electron chi connectivity index (χ3n) is 3.59. The van der Waals surface area contributed by atoms with Crippen LogP contribution < -0.4 is 5.32 Å². The molecule has 6 heteroatoms. The van der Waals surface area contributed by atoms with E-state index >= 15 is 0 Å². The fourth-order valence-electron chi connectivity index (χ4n) is 2.43. The van der Waals surface area contributed by atoms with Crippen LogP contribution in [0, 0.1) is 19.8 Å². The smallest absolute Gasteiger partial charge is 0.305 e. The Kier molecular flexibility index (Phi) is 7.78. The number of hydrogen-bond donors (Lipinski definition) is 1. The van der Waals surface area contributed by atoms with Crippen molar-refractivity contribution in [2.45, 2.75) is 60.4 Å². The van der Waals surface area contributed by atoms with Crippen LogP contribution in [-0.2, 0) is 27.3 Å². The minimum atomic E-state index is -0.219. The number of hydrogen-bond acceptors (Lipinski definition) is 4. The van der Waals surface area contributed by atoms with Gasteiger partial charge in [-0.3, -0.25) is 14.3 Å². The largest absolute Gasteiger partial charge is 0.466 e. The highest BCUT2D eigenvalue weighted by atomic mass is 16.5. The number of rotatable bonds is 9. The van der Waals surface area contributed by atoms with E-state index in [0.717, 1.165) is 23.5 Å². The first-order valence-corrected chi connectivity index (χ1v) is 8.30. The maximum atomic E-state index is 12.1. The summed E-state index contributed by atoms with van der Waals surface area (Å²) in [6.07, 6.45) is 1.25. The van der Waals surface area contributed by atoms with E-state index in [4.69, 9.17) is 4.74 Å². The highest BCUT2D eigenvalue weighted by Gasteiger charge is 2.15.